The molecule has 0 radical (unpaired) electrons. The molecule has 0 fully saturated rings. The summed E-state index contributed by atoms with van der Waals surface area (Å²) in [7, 11) is 0. The molecule has 6 nitrogen and oxygen atoms in total. The summed E-state index contributed by atoms with van der Waals surface area (Å²) < 4.78 is 7.48. The number of thioether (sulfide) groups is 1. The van der Waals surface area contributed by atoms with E-state index in [0.29, 0.717) is 5.75 Å². The molecule has 0 spiro atoms. The normalized spacial score (nSPS) is 11.1. The molecule has 126 valence electrons. The lowest BCUT2D eigenvalue weighted by molar-refractivity contribution is 0.426. The van der Waals surface area contributed by atoms with Crippen LogP contribution in [0.5, 0.6) is 0 Å². The van der Waals surface area contributed by atoms with Crippen LogP contribution < -0.4 is 0 Å². The Kier molecular flexibility index (Phi) is 4.62. The van der Waals surface area contributed by atoms with Crippen molar-refractivity contribution in [3.8, 4) is 22.8 Å². The second kappa shape index (κ2) is 7.20. The lowest BCUT2D eigenvalue weighted by atomic mass is 10.2. The third kappa shape index (κ3) is 3.35. The van der Waals surface area contributed by atoms with Gasteiger partial charge in [0.05, 0.1) is 5.69 Å². The molecule has 0 aliphatic rings. The maximum absolute atomic E-state index is 5.42. The first-order valence-electron chi connectivity index (χ1n) is 7.80. The SMILES string of the molecule is CCn1c(SCc2cc(-c3ccsc3)on2)nnc1-c1ccccn1. The summed E-state index contributed by atoms with van der Waals surface area (Å²) in [6.45, 7) is 2.85. The van der Waals surface area contributed by atoms with Crippen molar-refractivity contribution >= 4 is 23.1 Å². The van der Waals surface area contributed by atoms with E-state index in [0.717, 1.165) is 40.2 Å². The second-order valence-corrected chi connectivity index (χ2v) is 6.97. The highest BCUT2D eigenvalue weighted by Crippen LogP contribution is 2.28. The first-order chi connectivity index (χ1) is 12.3. The molecule has 0 bridgehead atoms. The molecule has 0 aliphatic carbocycles. The number of rotatable bonds is 6. The van der Waals surface area contributed by atoms with E-state index in [2.05, 4.69) is 31.8 Å². The lowest BCUT2D eigenvalue weighted by Crippen LogP contribution is -2.00. The van der Waals surface area contributed by atoms with Crippen molar-refractivity contribution in [1.82, 2.24) is 24.9 Å². The average Bonchev–Trinajstić information content (AvgIpc) is 3.39. The summed E-state index contributed by atoms with van der Waals surface area (Å²) in [6, 6.07) is 9.78. The molecular weight excluding hydrogens is 354 g/mol. The molecule has 0 amide bonds. The highest BCUT2D eigenvalue weighted by atomic mass is 32.2. The molecule has 4 aromatic rings. The minimum Gasteiger partial charge on any atom is -0.356 e. The third-order valence-electron chi connectivity index (χ3n) is 3.64. The first-order valence-corrected chi connectivity index (χ1v) is 9.73. The predicted molar refractivity (Wildman–Crippen MR) is 98.3 cm³/mol. The Morgan fingerprint density at radius 3 is 2.96 bits per heavy atom. The van der Waals surface area contributed by atoms with Gasteiger partial charge in [-0.25, -0.2) is 0 Å². The third-order valence-corrected chi connectivity index (χ3v) is 5.32. The maximum Gasteiger partial charge on any atom is 0.191 e. The first kappa shape index (κ1) is 16.0. The van der Waals surface area contributed by atoms with Crippen molar-refractivity contribution < 1.29 is 4.52 Å². The Morgan fingerprint density at radius 2 is 2.20 bits per heavy atom. The van der Waals surface area contributed by atoms with Gasteiger partial charge in [-0.3, -0.25) is 4.98 Å². The Bertz CT molecular complexity index is 947. The smallest absolute Gasteiger partial charge is 0.191 e. The van der Waals surface area contributed by atoms with Crippen molar-refractivity contribution in [2.45, 2.75) is 24.4 Å². The summed E-state index contributed by atoms with van der Waals surface area (Å²) in [5, 5.41) is 17.7. The quantitative estimate of drug-likeness (QED) is 0.470. The molecule has 4 aromatic heterocycles. The molecule has 0 atom stereocenters. The van der Waals surface area contributed by atoms with Gasteiger partial charge in [-0.2, -0.15) is 11.3 Å². The number of hydrogen-bond acceptors (Lipinski definition) is 7. The molecule has 4 rings (SSSR count). The van der Waals surface area contributed by atoms with Crippen LogP contribution in [0.25, 0.3) is 22.8 Å². The fourth-order valence-corrected chi connectivity index (χ4v) is 3.95. The van der Waals surface area contributed by atoms with Crippen LogP contribution in [0, 0.1) is 0 Å². The van der Waals surface area contributed by atoms with Crippen molar-refractivity contribution in [2.75, 3.05) is 0 Å². The van der Waals surface area contributed by atoms with Crippen molar-refractivity contribution in [1.29, 1.82) is 0 Å². The van der Waals surface area contributed by atoms with Crippen LogP contribution in [0.3, 0.4) is 0 Å². The molecule has 0 N–H and O–H groups in total. The van der Waals surface area contributed by atoms with Crippen molar-refractivity contribution in [3.05, 3.63) is 53.0 Å². The number of thiophene rings is 1. The molecule has 0 aromatic carbocycles. The zero-order valence-electron chi connectivity index (χ0n) is 13.5. The lowest BCUT2D eigenvalue weighted by Gasteiger charge is -2.05. The van der Waals surface area contributed by atoms with E-state index < -0.39 is 0 Å². The minimum atomic E-state index is 0.675. The van der Waals surface area contributed by atoms with E-state index in [1.165, 1.54) is 0 Å². The molecule has 0 aliphatic heterocycles. The fraction of sp³-hybridized carbons (Fsp3) is 0.176. The zero-order valence-corrected chi connectivity index (χ0v) is 15.1. The van der Waals surface area contributed by atoms with Crippen LogP contribution in [0.4, 0.5) is 0 Å². The summed E-state index contributed by atoms with van der Waals surface area (Å²) in [5.41, 5.74) is 2.77. The predicted octanol–water partition coefficient (Wildman–Crippen LogP) is 4.37. The van der Waals surface area contributed by atoms with Crippen molar-refractivity contribution in [2.24, 2.45) is 0 Å². The minimum absolute atomic E-state index is 0.675. The molecule has 0 saturated heterocycles. The highest BCUT2D eigenvalue weighted by Gasteiger charge is 2.15. The Balaban J connectivity index is 1.51. The van der Waals surface area contributed by atoms with Gasteiger partial charge in [0.25, 0.3) is 0 Å². The molecular formula is C17H15N5OS2. The summed E-state index contributed by atoms with van der Waals surface area (Å²) >= 11 is 3.23. The van der Waals surface area contributed by atoms with E-state index in [4.69, 9.17) is 4.52 Å². The van der Waals surface area contributed by atoms with Crippen LogP contribution in [0.15, 0.2) is 57.0 Å². The summed E-state index contributed by atoms with van der Waals surface area (Å²) in [5.74, 6) is 2.25. The van der Waals surface area contributed by atoms with Crippen LogP contribution >= 0.6 is 23.1 Å². The second-order valence-electron chi connectivity index (χ2n) is 5.25. The van der Waals surface area contributed by atoms with Gasteiger partial charge < -0.3 is 9.09 Å². The molecule has 4 heterocycles. The van der Waals surface area contributed by atoms with Gasteiger partial charge in [-0.1, -0.05) is 23.0 Å². The Labute approximate surface area is 152 Å². The van der Waals surface area contributed by atoms with Gasteiger partial charge in [0.1, 0.15) is 5.69 Å². The molecule has 8 heteroatoms. The van der Waals surface area contributed by atoms with Crippen LogP contribution in [-0.4, -0.2) is 24.9 Å². The van der Waals surface area contributed by atoms with Crippen LogP contribution in [-0.2, 0) is 12.3 Å². The van der Waals surface area contributed by atoms with Crippen LogP contribution in [0.1, 0.15) is 12.6 Å². The van der Waals surface area contributed by atoms with Gasteiger partial charge in [-0.05, 0) is 30.5 Å². The average molecular weight is 369 g/mol. The number of hydrogen-bond donors (Lipinski definition) is 0. The van der Waals surface area contributed by atoms with E-state index in [-0.39, 0.29) is 0 Å². The number of pyridine rings is 1. The zero-order chi connectivity index (χ0) is 17.1. The van der Waals surface area contributed by atoms with Crippen molar-refractivity contribution in [3.63, 3.8) is 0 Å². The number of aromatic nitrogens is 5. The van der Waals surface area contributed by atoms with E-state index in [9.17, 15) is 0 Å². The highest BCUT2D eigenvalue weighted by molar-refractivity contribution is 7.98. The molecule has 25 heavy (non-hydrogen) atoms. The monoisotopic (exact) mass is 369 g/mol. The topological polar surface area (TPSA) is 69.6 Å². The van der Waals surface area contributed by atoms with Gasteiger partial charge >= 0.3 is 0 Å². The van der Waals surface area contributed by atoms with Crippen LogP contribution in [0.2, 0.25) is 0 Å². The van der Waals surface area contributed by atoms with Gasteiger partial charge in [0.15, 0.2) is 16.7 Å². The Hall–Kier alpha value is -2.45. The maximum atomic E-state index is 5.42. The van der Waals surface area contributed by atoms with Gasteiger partial charge in [0.2, 0.25) is 0 Å². The van der Waals surface area contributed by atoms with Gasteiger partial charge in [0, 0.05) is 35.5 Å². The standard InChI is InChI=1S/C17H15N5OS2/c1-2-22-16(14-5-3-4-7-18-14)19-20-17(22)25-11-13-9-15(23-21-13)12-6-8-24-10-12/h3-10H,2,11H2,1H3. The number of nitrogens with zero attached hydrogens (tertiary/aromatic N) is 5. The van der Waals surface area contributed by atoms with Gasteiger partial charge in [-0.15, -0.1) is 10.2 Å². The van der Waals surface area contributed by atoms with E-state index >= 15 is 0 Å². The summed E-state index contributed by atoms with van der Waals surface area (Å²) in [4.78, 5) is 4.36. The molecule has 0 unspecified atom stereocenters. The van der Waals surface area contributed by atoms with E-state index in [1.807, 2.05) is 41.1 Å². The fourth-order valence-electron chi connectivity index (χ4n) is 2.42. The Morgan fingerprint density at radius 1 is 1.24 bits per heavy atom. The van der Waals surface area contributed by atoms with E-state index in [1.54, 1.807) is 29.3 Å². The molecule has 0 saturated carbocycles. The largest absolute Gasteiger partial charge is 0.356 e. The summed E-state index contributed by atoms with van der Waals surface area (Å²) in [6.07, 6.45) is 1.76.